The minimum absolute atomic E-state index is 0.392. The fourth-order valence-electron chi connectivity index (χ4n) is 1.43. The average molecular weight is 268 g/mol. The van der Waals surface area contributed by atoms with Gasteiger partial charge in [-0.1, -0.05) is 18.2 Å². The third-order valence-electron chi connectivity index (χ3n) is 2.38. The van der Waals surface area contributed by atoms with Crippen molar-refractivity contribution in [3.05, 3.63) is 36.3 Å². The molecule has 0 N–H and O–H groups in total. The first-order valence-corrected chi connectivity index (χ1v) is 5.23. The number of carbonyl (C=O) groups excluding carboxylic acids is 2. The van der Waals surface area contributed by atoms with Crippen LogP contribution in [-0.2, 0) is 4.79 Å². The Morgan fingerprint density at radius 3 is 2.53 bits per heavy atom. The van der Waals surface area contributed by atoms with Gasteiger partial charge in [-0.3, -0.25) is 9.59 Å². The van der Waals surface area contributed by atoms with Gasteiger partial charge < -0.3 is 0 Å². The molecule has 7 heteroatoms. The molecule has 0 aliphatic rings. The Kier molecular flexibility index (Phi) is 3.28. The number of rotatable bonds is 3. The van der Waals surface area contributed by atoms with Crippen LogP contribution in [0.5, 0.6) is 0 Å². The van der Waals surface area contributed by atoms with Crippen molar-refractivity contribution in [2.24, 2.45) is 0 Å². The summed E-state index contributed by atoms with van der Waals surface area (Å²) in [5, 5.41) is 0.654. The number of para-hydroxylation sites is 1. The second-order valence-corrected chi connectivity index (χ2v) is 3.77. The fourth-order valence-corrected chi connectivity index (χ4v) is 1.43. The van der Waals surface area contributed by atoms with Gasteiger partial charge >= 0.3 is 6.18 Å². The number of aromatic nitrogens is 2. The number of ketones is 2. The molecule has 0 atom stereocenters. The van der Waals surface area contributed by atoms with Crippen LogP contribution >= 0.6 is 0 Å². The molecule has 4 nitrogen and oxygen atoms in total. The number of carbonyl (C=O) groups is 2. The van der Waals surface area contributed by atoms with E-state index in [-0.39, 0.29) is 0 Å². The number of hydrogen-bond donors (Lipinski definition) is 0. The average Bonchev–Trinajstić information content (AvgIpc) is 2.37. The van der Waals surface area contributed by atoms with E-state index in [1.54, 1.807) is 24.3 Å². The molecule has 2 rings (SSSR count). The highest BCUT2D eigenvalue weighted by Crippen LogP contribution is 2.19. The van der Waals surface area contributed by atoms with Crippen molar-refractivity contribution in [2.45, 2.75) is 12.6 Å². The Balaban J connectivity index is 2.25. The quantitative estimate of drug-likeness (QED) is 0.633. The molecule has 0 spiro atoms. The van der Waals surface area contributed by atoms with Crippen LogP contribution in [0.3, 0.4) is 0 Å². The summed E-state index contributed by atoms with van der Waals surface area (Å²) in [6.07, 6.45) is -4.97. The lowest BCUT2D eigenvalue weighted by Gasteiger charge is -2.04. The van der Waals surface area contributed by atoms with Crippen LogP contribution < -0.4 is 0 Å². The van der Waals surface area contributed by atoms with Crippen molar-refractivity contribution < 1.29 is 22.8 Å². The van der Waals surface area contributed by atoms with Gasteiger partial charge in [0.2, 0.25) is 11.6 Å². The van der Waals surface area contributed by atoms with Crippen LogP contribution in [0, 0.1) is 0 Å². The van der Waals surface area contributed by atoms with E-state index in [1.165, 1.54) is 6.20 Å². The van der Waals surface area contributed by atoms with Crippen LogP contribution in [0.25, 0.3) is 10.9 Å². The molecular weight excluding hydrogens is 261 g/mol. The maximum Gasteiger partial charge on any atom is 0.450 e. The molecule has 0 fully saturated rings. The molecule has 2 aromatic rings. The predicted octanol–water partition coefficient (Wildman–Crippen LogP) is 2.33. The third kappa shape index (κ3) is 2.93. The van der Waals surface area contributed by atoms with E-state index in [1.807, 2.05) is 0 Å². The number of alkyl halides is 3. The summed E-state index contributed by atoms with van der Waals surface area (Å²) in [6.45, 7) is 0. The Morgan fingerprint density at radius 1 is 1.16 bits per heavy atom. The minimum atomic E-state index is -5.02. The summed E-state index contributed by atoms with van der Waals surface area (Å²) in [7, 11) is 0. The molecule has 1 aromatic heterocycles. The van der Waals surface area contributed by atoms with Crippen LogP contribution in [0.4, 0.5) is 13.2 Å². The number of halogens is 3. The lowest BCUT2D eigenvalue weighted by Crippen LogP contribution is -2.26. The van der Waals surface area contributed by atoms with E-state index in [2.05, 4.69) is 9.97 Å². The monoisotopic (exact) mass is 268 g/mol. The van der Waals surface area contributed by atoms with E-state index in [0.717, 1.165) is 0 Å². The summed E-state index contributed by atoms with van der Waals surface area (Å²) in [5.74, 6) is -3.54. The van der Waals surface area contributed by atoms with Crippen molar-refractivity contribution >= 4 is 22.5 Å². The van der Waals surface area contributed by atoms with E-state index in [9.17, 15) is 22.8 Å². The largest absolute Gasteiger partial charge is 0.450 e. The van der Waals surface area contributed by atoms with Gasteiger partial charge in [-0.15, -0.1) is 0 Å². The second kappa shape index (κ2) is 4.75. The molecule has 0 aliphatic heterocycles. The van der Waals surface area contributed by atoms with Crippen LogP contribution in [0.15, 0.2) is 30.5 Å². The van der Waals surface area contributed by atoms with Crippen molar-refractivity contribution in [1.29, 1.82) is 0 Å². The number of Topliss-reactive ketones (excluding diaryl/α,β-unsaturated/α-hetero) is 2. The highest BCUT2D eigenvalue weighted by molar-refractivity contribution is 6.08. The summed E-state index contributed by atoms with van der Waals surface area (Å²) in [6, 6.07) is 6.70. The standard InChI is InChI=1S/C12H7F3N2O2/c13-12(14,15)10(19)5-9(18)11-16-6-7-3-1-2-4-8(7)17-11/h1-4,6H,5H2. The Bertz CT molecular complexity index is 653. The van der Waals surface area contributed by atoms with Gasteiger partial charge in [-0.25, -0.2) is 9.97 Å². The van der Waals surface area contributed by atoms with Gasteiger partial charge in [0.1, 0.15) is 0 Å². The molecule has 0 saturated carbocycles. The molecule has 1 aromatic carbocycles. The van der Waals surface area contributed by atoms with Crippen LogP contribution in [0.2, 0.25) is 0 Å². The lowest BCUT2D eigenvalue weighted by molar-refractivity contribution is -0.170. The van der Waals surface area contributed by atoms with Crippen molar-refractivity contribution in [3.8, 4) is 0 Å². The maximum atomic E-state index is 12.0. The summed E-state index contributed by atoms with van der Waals surface area (Å²) in [5.41, 5.74) is 0.431. The van der Waals surface area contributed by atoms with Gasteiger partial charge in [0.15, 0.2) is 5.82 Å². The number of nitrogens with zero attached hydrogens (tertiary/aromatic N) is 2. The Hall–Kier alpha value is -2.31. The molecule has 0 bridgehead atoms. The van der Waals surface area contributed by atoms with Crippen molar-refractivity contribution in [3.63, 3.8) is 0 Å². The lowest BCUT2D eigenvalue weighted by atomic mass is 10.2. The smallest absolute Gasteiger partial charge is 0.290 e. The van der Waals surface area contributed by atoms with E-state index < -0.39 is 30.0 Å². The van der Waals surface area contributed by atoms with E-state index in [4.69, 9.17) is 0 Å². The number of hydrogen-bond acceptors (Lipinski definition) is 4. The zero-order valence-corrected chi connectivity index (χ0v) is 9.44. The predicted molar refractivity (Wildman–Crippen MR) is 59.5 cm³/mol. The topological polar surface area (TPSA) is 59.9 Å². The van der Waals surface area contributed by atoms with Crippen molar-refractivity contribution in [2.75, 3.05) is 0 Å². The first-order chi connectivity index (χ1) is 8.88. The second-order valence-electron chi connectivity index (χ2n) is 3.77. The zero-order valence-electron chi connectivity index (χ0n) is 9.44. The Labute approximate surface area is 105 Å². The summed E-state index contributed by atoms with van der Waals surface area (Å²) in [4.78, 5) is 29.7. The van der Waals surface area contributed by atoms with Gasteiger partial charge in [-0.05, 0) is 6.07 Å². The van der Waals surface area contributed by atoms with Crippen molar-refractivity contribution in [1.82, 2.24) is 9.97 Å². The zero-order chi connectivity index (χ0) is 14.0. The number of benzene rings is 1. The highest BCUT2D eigenvalue weighted by atomic mass is 19.4. The Morgan fingerprint density at radius 2 is 1.84 bits per heavy atom. The normalized spacial score (nSPS) is 11.5. The molecule has 19 heavy (non-hydrogen) atoms. The van der Waals surface area contributed by atoms with E-state index >= 15 is 0 Å². The first-order valence-electron chi connectivity index (χ1n) is 5.23. The third-order valence-corrected chi connectivity index (χ3v) is 2.38. The molecule has 0 aliphatic carbocycles. The van der Waals surface area contributed by atoms with Gasteiger partial charge in [0.25, 0.3) is 0 Å². The maximum absolute atomic E-state index is 12.0. The molecule has 98 valence electrons. The minimum Gasteiger partial charge on any atom is -0.290 e. The van der Waals surface area contributed by atoms with Gasteiger partial charge in [0, 0.05) is 11.6 Å². The van der Waals surface area contributed by atoms with Gasteiger partial charge in [0.05, 0.1) is 11.9 Å². The highest BCUT2D eigenvalue weighted by Gasteiger charge is 2.39. The number of fused-ring (bicyclic) bond motifs is 1. The van der Waals surface area contributed by atoms with Gasteiger partial charge in [-0.2, -0.15) is 13.2 Å². The van der Waals surface area contributed by atoms with Crippen LogP contribution in [-0.4, -0.2) is 27.7 Å². The first kappa shape index (κ1) is 13.1. The summed E-state index contributed by atoms with van der Waals surface area (Å²) < 4.78 is 36.1. The SMILES string of the molecule is O=C(CC(=O)C(F)(F)F)c1ncc2ccccc2n1. The molecule has 1 heterocycles. The van der Waals surface area contributed by atoms with E-state index in [0.29, 0.717) is 10.9 Å². The molecule has 0 amide bonds. The molecule has 0 unspecified atom stereocenters. The molecule has 0 saturated heterocycles. The fraction of sp³-hybridized carbons (Fsp3) is 0.167. The van der Waals surface area contributed by atoms with Crippen LogP contribution in [0.1, 0.15) is 17.0 Å². The molecule has 0 radical (unpaired) electrons. The summed E-state index contributed by atoms with van der Waals surface area (Å²) >= 11 is 0. The molecular formula is C12H7F3N2O2.